The Morgan fingerprint density at radius 3 is 2.95 bits per heavy atom. The van der Waals surface area contributed by atoms with E-state index in [1.54, 1.807) is 12.5 Å². The van der Waals surface area contributed by atoms with Gasteiger partial charge in [-0.3, -0.25) is 10.1 Å². The quantitative estimate of drug-likeness (QED) is 0.727. The molecule has 1 fully saturated rings. The van der Waals surface area contributed by atoms with Gasteiger partial charge < -0.3 is 9.30 Å². The zero-order chi connectivity index (χ0) is 13.7. The maximum absolute atomic E-state index is 12.1. The summed E-state index contributed by atoms with van der Waals surface area (Å²) in [4.78, 5) is 16.1. The second-order valence-corrected chi connectivity index (χ2v) is 5.38. The lowest BCUT2D eigenvalue weighted by Gasteiger charge is -2.28. The summed E-state index contributed by atoms with van der Waals surface area (Å²) < 4.78 is 7.23. The van der Waals surface area contributed by atoms with Crippen LogP contribution in [0, 0.1) is 0 Å². The van der Waals surface area contributed by atoms with Gasteiger partial charge in [0.05, 0.1) is 12.9 Å². The van der Waals surface area contributed by atoms with E-state index in [0.717, 1.165) is 32.2 Å². The van der Waals surface area contributed by atoms with Crippen molar-refractivity contribution in [1.82, 2.24) is 14.9 Å². The first-order valence-corrected chi connectivity index (χ1v) is 7.05. The van der Waals surface area contributed by atoms with E-state index in [2.05, 4.69) is 10.3 Å². The van der Waals surface area contributed by atoms with E-state index in [1.165, 1.54) is 0 Å². The second-order valence-electron chi connectivity index (χ2n) is 5.38. The lowest BCUT2D eigenvalue weighted by Crippen LogP contribution is -2.51. The van der Waals surface area contributed by atoms with E-state index < -0.39 is 5.54 Å². The van der Waals surface area contributed by atoms with Crippen molar-refractivity contribution in [3.05, 3.63) is 18.7 Å². The average molecular weight is 265 g/mol. The fraction of sp³-hybridized carbons (Fsp3) is 0.714. The highest BCUT2D eigenvalue weighted by atomic mass is 16.5. The fourth-order valence-corrected chi connectivity index (χ4v) is 2.24. The first kappa shape index (κ1) is 14.1. The summed E-state index contributed by atoms with van der Waals surface area (Å²) in [5.41, 5.74) is -0.558. The number of imidazole rings is 1. The molecule has 2 rings (SSSR count). The van der Waals surface area contributed by atoms with Crippen molar-refractivity contribution in [2.45, 2.75) is 57.7 Å². The Morgan fingerprint density at radius 2 is 2.37 bits per heavy atom. The van der Waals surface area contributed by atoms with Gasteiger partial charge in [-0.1, -0.05) is 0 Å². The molecular weight excluding hydrogens is 242 g/mol. The largest absolute Gasteiger partial charge is 0.465 e. The molecule has 1 N–H and O–H groups in total. The van der Waals surface area contributed by atoms with Gasteiger partial charge in [0.2, 0.25) is 0 Å². The van der Waals surface area contributed by atoms with E-state index in [-0.39, 0.29) is 5.97 Å². The molecule has 19 heavy (non-hydrogen) atoms. The van der Waals surface area contributed by atoms with Gasteiger partial charge >= 0.3 is 5.97 Å². The normalized spacial score (nSPS) is 18.0. The molecule has 0 amide bonds. The molecule has 0 aliphatic heterocycles. The zero-order valence-electron chi connectivity index (χ0n) is 11.8. The van der Waals surface area contributed by atoms with Gasteiger partial charge in [-0.25, -0.2) is 4.98 Å². The molecule has 1 aliphatic carbocycles. The number of ether oxygens (including phenoxy) is 1. The van der Waals surface area contributed by atoms with Gasteiger partial charge in [-0.05, 0) is 39.5 Å². The number of nitrogens with zero attached hydrogens (tertiary/aromatic N) is 2. The van der Waals surface area contributed by atoms with Gasteiger partial charge in [0.1, 0.15) is 5.54 Å². The van der Waals surface area contributed by atoms with Gasteiger partial charge in [0, 0.05) is 25.0 Å². The van der Waals surface area contributed by atoms with Crippen molar-refractivity contribution in [1.29, 1.82) is 0 Å². The lowest BCUT2D eigenvalue weighted by molar-refractivity contribution is -0.151. The van der Waals surface area contributed by atoms with Crippen LogP contribution in [0.3, 0.4) is 0 Å². The minimum atomic E-state index is -0.558. The van der Waals surface area contributed by atoms with E-state index in [4.69, 9.17) is 4.74 Å². The van der Waals surface area contributed by atoms with Crippen LogP contribution in [0.4, 0.5) is 0 Å². The summed E-state index contributed by atoms with van der Waals surface area (Å²) in [5, 5.41) is 3.43. The van der Waals surface area contributed by atoms with E-state index in [0.29, 0.717) is 12.6 Å². The van der Waals surface area contributed by atoms with Crippen LogP contribution >= 0.6 is 0 Å². The average Bonchev–Trinajstić information content (AvgIpc) is 3.03. The number of esters is 1. The molecule has 1 aromatic rings. The standard InChI is InChI=1S/C14H23N3O2/c1-3-19-13(18)14(2,16-12-5-6-12)7-4-9-17-10-8-15-11-17/h8,10-12,16H,3-7,9H2,1-2H3. The van der Waals surface area contributed by atoms with E-state index in [1.807, 2.05) is 24.6 Å². The van der Waals surface area contributed by atoms with Crippen LogP contribution in [0.15, 0.2) is 18.7 Å². The van der Waals surface area contributed by atoms with Crippen LogP contribution in [0.5, 0.6) is 0 Å². The third kappa shape index (κ3) is 4.06. The number of hydrogen-bond donors (Lipinski definition) is 1. The van der Waals surface area contributed by atoms with Crippen molar-refractivity contribution in [3.63, 3.8) is 0 Å². The molecule has 1 saturated carbocycles. The van der Waals surface area contributed by atoms with Crippen LogP contribution in [0.1, 0.15) is 39.5 Å². The Balaban J connectivity index is 1.86. The Hall–Kier alpha value is -1.36. The highest BCUT2D eigenvalue weighted by Gasteiger charge is 2.39. The smallest absolute Gasteiger partial charge is 0.326 e. The van der Waals surface area contributed by atoms with Crippen molar-refractivity contribution >= 4 is 5.97 Å². The molecule has 1 atom stereocenters. The van der Waals surface area contributed by atoms with Crippen LogP contribution < -0.4 is 5.32 Å². The number of rotatable bonds is 8. The summed E-state index contributed by atoms with van der Waals surface area (Å²) >= 11 is 0. The minimum absolute atomic E-state index is 0.132. The van der Waals surface area contributed by atoms with Crippen molar-refractivity contribution in [2.75, 3.05) is 6.61 Å². The molecule has 1 heterocycles. The molecule has 1 aliphatic rings. The summed E-state index contributed by atoms with van der Waals surface area (Å²) in [7, 11) is 0. The molecule has 0 spiro atoms. The molecule has 1 unspecified atom stereocenters. The Kier molecular flexibility index (Phi) is 4.58. The molecular formula is C14H23N3O2. The van der Waals surface area contributed by atoms with Gasteiger partial charge in [0.25, 0.3) is 0 Å². The second kappa shape index (κ2) is 6.19. The van der Waals surface area contributed by atoms with Crippen LogP contribution in [0.25, 0.3) is 0 Å². The van der Waals surface area contributed by atoms with Gasteiger partial charge in [-0.2, -0.15) is 0 Å². The summed E-state index contributed by atoms with van der Waals surface area (Å²) in [6, 6.07) is 0.489. The summed E-state index contributed by atoms with van der Waals surface area (Å²) in [6.45, 7) is 5.11. The predicted octanol–water partition coefficient (Wildman–Crippen LogP) is 1.74. The van der Waals surface area contributed by atoms with E-state index in [9.17, 15) is 4.79 Å². The Labute approximate surface area is 114 Å². The van der Waals surface area contributed by atoms with Crippen LogP contribution in [0.2, 0.25) is 0 Å². The highest BCUT2D eigenvalue weighted by Crippen LogP contribution is 2.26. The minimum Gasteiger partial charge on any atom is -0.465 e. The van der Waals surface area contributed by atoms with Crippen LogP contribution in [-0.4, -0.2) is 33.7 Å². The SMILES string of the molecule is CCOC(=O)C(C)(CCCn1ccnc1)NC1CC1. The van der Waals surface area contributed by atoms with Crippen molar-refractivity contribution in [2.24, 2.45) is 0 Å². The number of carbonyl (C=O) groups is 1. The number of carbonyl (C=O) groups excluding carboxylic acids is 1. The fourth-order valence-electron chi connectivity index (χ4n) is 2.24. The van der Waals surface area contributed by atoms with Gasteiger partial charge in [0.15, 0.2) is 0 Å². The number of hydrogen-bond acceptors (Lipinski definition) is 4. The third-order valence-electron chi connectivity index (χ3n) is 3.48. The lowest BCUT2D eigenvalue weighted by atomic mass is 9.95. The zero-order valence-corrected chi connectivity index (χ0v) is 11.8. The van der Waals surface area contributed by atoms with Gasteiger partial charge in [-0.15, -0.1) is 0 Å². The third-order valence-corrected chi connectivity index (χ3v) is 3.48. The Bertz CT molecular complexity index is 401. The predicted molar refractivity (Wildman–Crippen MR) is 72.7 cm³/mol. The number of aromatic nitrogens is 2. The molecule has 5 nitrogen and oxygen atoms in total. The Morgan fingerprint density at radius 1 is 1.58 bits per heavy atom. The molecule has 0 saturated heterocycles. The number of aryl methyl sites for hydroxylation is 1. The maximum Gasteiger partial charge on any atom is 0.326 e. The van der Waals surface area contributed by atoms with E-state index >= 15 is 0 Å². The highest BCUT2D eigenvalue weighted by molar-refractivity contribution is 5.80. The monoisotopic (exact) mass is 265 g/mol. The first-order valence-electron chi connectivity index (χ1n) is 7.05. The summed E-state index contributed by atoms with van der Waals surface area (Å²) in [5.74, 6) is -0.132. The summed E-state index contributed by atoms with van der Waals surface area (Å²) in [6.07, 6.45) is 9.54. The molecule has 106 valence electrons. The molecule has 5 heteroatoms. The van der Waals surface area contributed by atoms with Crippen LogP contribution in [-0.2, 0) is 16.1 Å². The van der Waals surface area contributed by atoms with Crippen molar-refractivity contribution in [3.8, 4) is 0 Å². The molecule has 0 bridgehead atoms. The van der Waals surface area contributed by atoms with Crippen molar-refractivity contribution < 1.29 is 9.53 Å². The first-order chi connectivity index (χ1) is 9.14. The molecule has 1 aromatic heterocycles. The topological polar surface area (TPSA) is 56.2 Å². The molecule has 0 aromatic carbocycles. The number of nitrogens with one attached hydrogen (secondary N) is 1. The molecule has 0 radical (unpaired) electrons. The maximum atomic E-state index is 12.1.